The van der Waals surface area contributed by atoms with Crippen LogP contribution in [0.2, 0.25) is 0 Å². The smallest absolute Gasteiger partial charge is 0.223 e. The summed E-state index contributed by atoms with van der Waals surface area (Å²) in [6.45, 7) is 2.77. The zero-order chi connectivity index (χ0) is 20.9. The molecule has 3 aromatic rings. The average molecular weight is 420 g/mol. The lowest BCUT2D eigenvalue weighted by molar-refractivity contribution is -0.133. The summed E-state index contributed by atoms with van der Waals surface area (Å²) in [6.07, 6.45) is 2.03. The molecule has 0 spiro atoms. The van der Waals surface area contributed by atoms with Crippen molar-refractivity contribution in [2.45, 2.75) is 32.2 Å². The first-order valence-corrected chi connectivity index (χ1v) is 11.2. The Hall–Kier alpha value is -2.92. The maximum atomic E-state index is 13.1. The molecule has 0 N–H and O–H groups in total. The number of thiophene rings is 1. The summed E-state index contributed by atoms with van der Waals surface area (Å²) < 4.78 is 5.75. The van der Waals surface area contributed by atoms with Crippen LogP contribution in [0.3, 0.4) is 0 Å². The van der Waals surface area contributed by atoms with Gasteiger partial charge >= 0.3 is 0 Å². The highest BCUT2D eigenvalue weighted by molar-refractivity contribution is 7.10. The van der Waals surface area contributed by atoms with Crippen molar-refractivity contribution >= 4 is 23.0 Å². The predicted octanol–water partition coefficient (Wildman–Crippen LogP) is 5.28. The predicted molar refractivity (Wildman–Crippen MR) is 119 cm³/mol. The number of hydrogen-bond donors (Lipinski definition) is 0. The lowest BCUT2D eigenvalue weighted by atomic mass is 9.93. The molecule has 1 atom stereocenters. The van der Waals surface area contributed by atoms with Crippen LogP contribution >= 0.6 is 11.3 Å². The minimum atomic E-state index is -0.00579. The standard InChI is InChI=1S/C25H25NO3S/c1-18(27)19-9-11-21(12-10-19)29-16-5-8-24(28)26-15-13-23-22(14-17-30-23)25(26)20-6-3-2-4-7-20/h2-4,6-7,9-12,14,17,25H,5,8,13,15-16H2,1H3/t25-/m1/s1. The number of fused-ring (bicyclic) bond motifs is 1. The number of ether oxygens (including phenoxy) is 1. The Morgan fingerprint density at radius 1 is 1.07 bits per heavy atom. The van der Waals surface area contributed by atoms with Gasteiger partial charge in [-0.05, 0) is 66.6 Å². The fourth-order valence-electron chi connectivity index (χ4n) is 3.92. The fraction of sp³-hybridized carbons (Fsp3) is 0.280. The van der Waals surface area contributed by atoms with E-state index in [4.69, 9.17) is 4.74 Å². The van der Waals surface area contributed by atoms with Gasteiger partial charge in [0.2, 0.25) is 5.91 Å². The number of benzene rings is 2. The van der Waals surface area contributed by atoms with Crippen molar-refractivity contribution in [3.63, 3.8) is 0 Å². The monoisotopic (exact) mass is 419 g/mol. The Bertz CT molecular complexity index is 1010. The first kappa shape index (κ1) is 20.4. The van der Waals surface area contributed by atoms with Gasteiger partial charge in [0.05, 0.1) is 12.6 Å². The minimum Gasteiger partial charge on any atom is -0.494 e. The van der Waals surface area contributed by atoms with E-state index in [1.54, 1.807) is 42.5 Å². The maximum absolute atomic E-state index is 13.1. The number of hydrogen-bond acceptors (Lipinski definition) is 4. The molecule has 0 aliphatic carbocycles. The van der Waals surface area contributed by atoms with Gasteiger partial charge in [0.15, 0.2) is 5.78 Å². The van der Waals surface area contributed by atoms with E-state index < -0.39 is 0 Å². The van der Waals surface area contributed by atoms with E-state index in [0.717, 1.165) is 24.3 Å². The fourth-order valence-corrected chi connectivity index (χ4v) is 4.83. The van der Waals surface area contributed by atoms with Gasteiger partial charge in [-0.2, -0.15) is 0 Å². The van der Waals surface area contributed by atoms with Crippen LogP contribution in [-0.2, 0) is 11.2 Å². The van der Waals surface area contributed by atoms with E-state index in [9.17, 15) is 9.59 Å². The molecule has 2 aromatic carbocycles. The van der Waals surface area contributed by atoms with Crippen LogP contribution in [-0.4, -0.2) is 29.7 Å². The first-order valence-electron chi connectivity index (χ1n) is 10.3. The van der Waals surface area contributed by atoms with E-state index in [0.29, 0.717) is 25.0 Å². The topological polar surface area (TPSA) is 46.6 Å². The van der Waals surface area contributed by atoms with Gasteiger partial charge < -0.3 is 9.64 Å². The number of amides is 1. The van der Waals surface area contributed by atoms with Crippen molar-refractivity contribution in [1.29, 1.82) is 0 Å². The van der Waals surface area contributed by atoms with Crippen molar-refractivity contribution in [3.05, 3.63) is 87.6 Å². The van der Waals surface area contributed by atoms with Gasteiger partial charge in [-0.1, -0.05) is 30.3 Å². The molecule has 1 aliphatic rings. The van der Waals surface area contributed by atoms with Gasteiger partial charge in [-0.15, -0.1) is 11.3 Å². The molecule has 0 saturated carbocycles. The number of ketones is 1. The lowest BCUT2D eigenvalue weighted by Gasteiger charge is -2.36. The van der Waals surface area contributed by atoms with E-state index in [2.05, 4.69) is 23.6 Å². The van der Waals surface area contributed by atoms with Crippen LogP contribution in [0.15, 0.2) is 66.0 Å². The molecule has 0 radical (unpaired) electrons. The van der Waals surface area contributed by atoms with Crippen molar-refractivity contribution < 1.29 is 14.3 Å². The first-order chi connectivity index (χ1) is 14.6. The molecule has 30 heavy (non-hydrogen) atoms. The van der Waals surface area contributed by atoms with Gasteiger partial charge in [-0.25, -0.2) is 0 Å². The molecule has 4 rings (SSSR count). The summed E-state index contributed by atoms with van der Waals surface area (Å²) in [4.78, 5) is 27.8. The Morgan fingerprint density at radius 3 is 2.57 bits per heavy atom. The largest absolute Gasteiger partial charge is 0.494 e. The summed E-state index contributed by atoms with van der Waals surface area (Å²) in [7, 11) is 0. The molecule has 4 nitrogen and oxygen atoms in total. The molecular weight excluding hydrogens is 394 g/mol. The van der Waals surface area contributed by atoms with E-state index >= 15 is 0 Å². The zero-order valence-electron chi connectivity index (χ0n) is 17.0. The van der Waals surface area contributed by atoms with E-state index in [1.165, 1.54) is 10.4 Å². The summed E-state index contributed by atoms with van der Waals surface area (Å²) in [5.74, 6) is 0.919. The molecule has 1 amide bonds. The van der Waals surface area contributed by atoms with Crippen LogP contribution in [0.25, 0.3) is 0 Å². The summed E-state index contributed by atoms with van der Waals surface area (Å²) >= 11 is 1.78. The number of carbonyl (C=O) groups is 2. The van der Waals surface area contributed by atoms with E-state index in [1.807, 2.05) is 23.1 Å². The third-order valence-corrected chi connectivity index (χ3v) is 6.46. The summed E-state index contributed by atoms with van der Waals surface area (Å²) in [6, 6.07) is 19.6. The second-order valence-electron chi connectivity index (χ2n) is 7.48. The highest BCUT2D eigenvalue weighted by Gasteiger charge is 2.32. The second-order valence-corrected chi connectivity index (χ2v) is 8.48. The molecule has 0 unspecified atom stereocenters. The van der Waals surface area contributed by atoms with Gasteiger partial charge in [0, 0.05) is 23.4 Å². The van der Waals surface area contributed by atoms with E-state index in [-0.39, 0.29) is 17.7 Å². The number of carbonyl (C=O) groups excluding carboxylic acids is 2. The Balaban J connectivity index is 1.37. The summed E-state index contributed by atoms with van der Waals surface area (Å²) in [5.41, 5.74) is 3.09. The van der Waals surface area contributed by atoms with Crippen molar-refractivity contribution in [2.75, 3.05) is 13.2 Å². The molecule has 1 aliphatic heterocycles. The van der Waals surface area contributed by atoms with Crippen LogP contribution < -0.4 is 4.74 Å². The summed E-state index contributed by atoms with van der Waals surface area (Å²) in [5, 5.41) is 2.12. The second kappa shape index (κ2) is 9.26. The van der Waals surface area contributed by atoms with Crippen LogP contribution in [0, 0.1) is 0 Å². The number of Topliss-reactive ketones (excluding diaryl/α,β-unsaturated/α-hetero) is 1. The molecule has 5 heteroatoms. The van der Waals surface area contributed by atoms with Gasteiger partial charge in [-0.3, -0.25) is 9.59 Å². The van der Waals surface area contributed by atoms with Crippen LogP contribution in [0.5, 0.6) is 5.75 Å². The van der Waals surface area contributed by atoms with Crippen LogP contribution in [0.4, 0.5) is 0 Å². The van der Waals surface area contributed by atoms with Crippen LogP contribution in [0.1, 0.15) is 52.2 Å². The molecular formula is C25H25NO3S. The molecule has 2 heterocycles. The van der Waals surface area contributed by atoms with Gasteiger partial charge in [0.25, 0.3) is 0 Å². The molecule has 0 saturated heterocycles. The number of rotatable bonds is 7. The quantitative estimate of drug-likeness (QED) is 0.386. The third kappa shape index (κ3) is 4.46. The Labute approximate surface area is 181 Å². The number of nitrogens with zero attached hydrogens (tertiary/aromatic N) is 1. The maximum Gasteiger partial charge on any atom is 0.223 e. The normalized spacial score (nSPS) is 15.5. The highest BCUT2D eigenvalue weighted by Crippen LogP contribution is 2.38. The molecule has 154 valence electrons. The van der Waals surface area contributed by atoms with Crippen molar-refractivity contribution in [1.82, 2.24) is 4.90 Å². The lowest BCUT2D eigenvalue weighted by Crippen LogP contribution is -2.40. The zero-order valence-corrected chi connectivity index (χ0v) is 17.9. The average Bonchev–Trinajstić information content (AvgIpc) is 3.25. The SMILES string of the molecule is CC(=O)c1ccc(OCCCC(=O)N2CCc3sccc3[C@H]2c2ccccc2)cc1. The molecule has 0 bridgehead atoms. The molecule has 0 fully saturated rings. The third-order valence-electron chi connectivity index (χ3n) is 5.47. The highest BCUT2D eigenvalue weighted by atomic mass is 32.1. The molecule has 1 aromatic heterocycles. The van der Waals surface area contributed by atoms with Crippen molar-refractivity contribution in [2.24, 2.45) is 0 Å². The minimum absolute atomic E-state index is 0.00579. The Kier molecular flexibility index (Phi) is 6.29. The van der Waals surface area contributed by atoms with Gasteiger partial charge in [0.1, 0.15) is 5.75 Å². The van der Waals surface area contributed by atoms with Crippen molar-refractivity contribution in [3.8, 4) is 5.75 Å². The Morgan fingerprint density at radius 2 is 1.83 bits per heavy atom.